The third-order valence-electron chi connectivity index (χ3n) is 2.57. The Labute approximate surface area is 107 Å². The van der Waals surface area contributed by atoms with Crippen LogP contribution in [-0.2, 0) is 19.0 Å². The first-order valence-electron chi connectivity index (χ1n) is 5.95. The first-order chi connectivity index (χ1) is 8.54. The van der Waals surface area contributed by atoms with E-state index in [9.17, 15) is 4.79 Å². The lowest BCUT2D eigenvalue weighted by atomic mass is 10.0. The van der Waals surface area contributed by atoms with Crippen LogP contribution in [-0.4, -0.2) is 50.7 Å². The molecule has 0 aliphatic carbocycles. The van der Waals surface area contributed by atoms with E-state index in [4.69, 9.17) is 14.2 Å². The maximum Gasteiger partial charge on any atom is 0.340 e. The van der Waals surface area contributed by atoms with Crippen LogP contribution in [0.25, 0.3) is 0 Å². The Morgan fingerprint density at radius 1 is 1.22 bits per heavy atom. The van der Waals surface area contributed by atoms with Gasteiger partial charge in [0, 0.05) is 0 Å². The number of rotatable bonds is 3. The molecule has 1 heterocycles. The number of carbonyl (C=O) groups excluding carboxylic acids is 1. The van der Waals surface area contributed by atoms with Crippen LogP contribution in [0.3, 0.4) is 0 Å². The Hall–Kier alpha value is -1.59. The minimum Gasteiger partial charge on any atom is -0.483 e. The van der Waals surface area contributed by atoms with Crippen LogP contribution in [0.15, 0.2) is 9.98 Å². The van der Waals surface area contributed by atoms with E-state index in [-0.39, 0.29) is 24.5 Å². The molecule has 1 aliphatic rings. The molecular formula is C12H20N2O4. The summed E-state index contributed by atoms with van der Waals surface area (Å²) in [6.45, 7) is 6.03. The number of esters is 1. The molecule has 6 nitrogen and oxygen atoms in total. The summed E-state index contributed by atoms with van der Waals surface area (Å²) >= 11 is 0. The third kappa shape index (κ3) is 3.00. The van der Waals surface area contributed by atoms with Crippen molar-refractivity contribution >= 4 is 17.8 Å². The summed E-state index contributed by atoms with van der Waals surface area (Å²) in [6.07, 6.45) is 0. The van der Waals surface area contributed by atoms with Crippen LogP contribution in [0.5, 0.6) is 0 Å². The first-order valence-corrected chi connectivity index (χ1v) is 5.95. The molecule has 2 atom stereocenters. The zero-order valence-corrected chi connectivity index (χ0v) is 11.5. The molecule has 0 aromatic rings. The van der Waals surface area contributed by atoms with Gasteiger partial charge in [0.05, 0.1) is 20.8 Å². The second kappa shape index (κ2) is 6.37. The summed E-state index contributed by atoms with van der Waals surface area (Å²) in [5.41, 5.74) is 0. The van der Waals surface area contributed by atoms with E-state index >= 15 is 0 Å². The monoisotopic (exact) mass is 256 g/mol. The van der Waals surface area contributed by atoms with E-state index in [0.29, 0.717) is 5.90 Å². The molecule has 0 fully saturated rings. The molecule has 1 aliphatic heterocycles. The van der Waals surface area contributed by atoms with E-state index in [2.05, 4.69) is 9.98 Å². The molecule has 102 valence electrons. The van der Waals surface area contributed by atoms with Gasteiger partial charge in [-0.25, -0.2) is 14.8 Å². The fourth-order valence-electron chi connectivity index (χ4n) is 1.67. The summed E-state index contributed by atoms with van der Waals surface area (Å²) in [5, 5.41) is 0. The summed E-state index contributed by atoms with van der Waals surface area (Å²) in [6, 6.07) is -1.09. The number of ether oxygens (including phenoxy) is 3. The highest BCUT2D eigenvalue weighted by Gasteiger charge is 2.35. The summed E-state index contributed by atoms with van der Waals surface area (Å²) < 4.78 is 15.3. The standard InChI is InChI=1S/C12H20N2O4/c1-6-18-12(15)9-11(17-5)13-8(7(2)3)10(14-9)16-4/h7-9H,6H2,1-5H3/t8-,9?/m1/s1. The Kier molecular flexibility index (Phi) is 5.12. The topological polar surface area (TPSA) is 69.5 Å². The van der Waals surface area contributed by atoms with Crippen LogP contribution in [0.2, 0.25) is 0 Å². The van der Waals surface area contributed by atoms with Crippen LogP contribution >= 0.6 is 0 Å². The predicted molar refractivity (Wildman–Crippen MR) is 67.9 cm³/mol. The van der Waals surface area contributed by atoms with Gasteiger partial charge in [0.25, 0.3) is 0 Å². The zero-order valence-electron chi connectivity index (χ0n) is 11.5. The molecule has 1 unspecified atom stereocenters. The molecular weight excluding hydrogens is 236 g/mol. The van der Waals surface area contributed by atoms with Gasteiger partial charge >= 0.3 is 5.97 Å². The Morgan fingerprint density at radius 2 is 1.83 bits per heavy atom. The van der Waals surface area contributed by atoms with Crippen molar-refractivity contribution in [3.63, 3.8) is 0 Å². The summed E-state index contributed by atoms with van der Waals surface area (Å²) in [5.74, 6) is 0.434. The summed E-state index contributed by atoms with van der Waals surface area (Å²) in [4.78, 5) is 20.4. The SMILES string of the molecule is CCOC(=O)C1N=C(OC)[C@@H](C(C)C)N=C1OC. The molecule has 0 saturated heterocycles. The van der Waals surface area contributed by atoms with E-state index < -0.39 is 12.0 Å². The third-order valence-corrected chi connectivity index (χ3v) is 2.57. The number of nitrogens with zero attached hydrogens (tertiary/aromatic N) is 2. The van der Waals surface area contributed by atoms with Crippen LogP contribution in [0, 0.1) is 5.92 Å². The van der Waals surface area contributed by atoms with Gasteiger partial charge in [-0.3, -0.25) is 0 Å². The van der Waals surface area contributed by atoms with Crippen molar-refractivity contribution < 1.29 is 19.0 Å². The molecule has 0 bridgehead atoms. The lowest BCUT2D eigenvalue weighted by molar-refractivity contribution is -0.143. The minimum absolute atomic E-state index is 0.206. The van der Waals surface area contributed by atoms with Crippen molar-refractivity contribution in [1.29, 1.82) is 0 Å². The van der Waals surface area contributed by atoms with Crippen molar-refractivity contribution in [3.8, 4) is 0 Å². The van der Waals surface area contributed by atoms with Crippen LogP contribution in [0.1, 0.15) is 20.8 Å². The zero-order chi connectivity index (χ0) is 13.7. The molecule has 1 rings (SSSR count). The number of hydrogen-bond donors (Lipinski definition) is 0. The molecule has 0 N–H and O–H groups in total. The second-order valence-corrected chi connectivity index (χ2v) is 4.19. The van der Waals surface area contributed by atoms with Gasteiger partial charge in [-0.05, 0) is 12.8 Å². The minimum atomic E-state index is -0.861. The fraction of sp³-hybridized carbons (Fsp3) is 0.750. The molecule has 18 heavy (non-hydrogen) atoms. The highest BCUT2D eigenvalue weighted by molar-refractivity contribution is 6.07. The normalized spacial score (nSPS) is 23.2. The Bertz CT molecular complexity index is 363. The highest BCUT2D eigenvalue weighted by Crippen LogP contribution is 2.18. The van der Waals surface area contributed by atoms with Crippen molar-refractivity contribution in [2.75, 3.05) is 20.8 Å². The maximum atomic E-state index is 11.8. The largest absolute Gasteiger partial charge is 0.483 e. The molecule has 0 amide bonds. The van der Waals surface area contributed by atoms with Crippen LogP contribution < -0.4 is 0 Å². The van der Waals surface area contributed by atoms with Crippen molar-refractivity contribution in [2.45, 2.75) is 32.9 Å². The van der Waals surface area contributed by atoms with E-state index in [1.807, 2.05) is 13.8 Å². The van der Waals surface area contributed by atoms with Gasteiger partial charge in [-0.1, -0.05) is 13.8 Å². The van der Waals surface area contributed by atoms with Crippen molar-refractivity contribution in [1.82, 2.24) is 0 Å². The average Bonchev–Trinajstić information content (AvgIpc) is 2.37. The molecule has 0 aromatic heterocycles. The molecule has 6 heteroatoms. The Balaban J connectivity index is 3.02. The van der Waals surface area contributed by atoms with E-state index in [0.717, 1.165) is 0 Å². The van der Waals surface area contributed by atoms with Crippen molar-refractivity contribution in [3.05, 3.63) is 0 Å². The van der Waals surface area contributed by atoms with E-state index in [1.165, 1.54) is 14.2 Å². The average molecular weight is 256 g/mol. The number of hydrogen-bond acceptors (Lipinski definition) is 6. The maximum absolute atomic E-state index is 11.8. The number of aliphatic imine (C=N–C) groups is 2. The van der Waals surface area contributed by atoms with Gasteiger partial charge in [0.2, 0.25) is 17.8 Å². The molecule has 0 radical (unpaired) electrons. The molecule has 0 saturated carbocycles. The Morgan fingerprint density at radius 3 is 2.28 bits per heavy atom. The van der Waals surface area contributed by atoms with Gasteiger partial charge in [-0.2, -0.15) is 0 Å². The molecule has 0 aromatic carbocycles. The first kappa shape index (κ1) is 14.5. The smallest absolute Gasteiger partial charge is 0.340 e. The number of methoxy groups -OCH3 is 2. The summed E-state index contributed by atoms with van der Waals surface area (Å²) in [7, 11) is 2.99. The van der Waals surface area contributed by atoms with Gasteiger partial charge < -0.3 is 14.2 Å². The molecule has 0 spiro atoms. The lowest BCUT2D eigenvalue weighted by Gasteiger charge is -2.25. The van der Waals surface area contributed by atoms with E-state index in [1.54, 1.807) is 6.92 Å². The van der Waals surface area contributed by atoms with Crippen LogP contribution in [0.4, 0.5) is 0 Å². The van der Waals surface area contributed by atoms with Crippen molar-refractivity contribution in [2.24, 2.45) is 15.9 Å². The van der Waals surface area contributed by atoms with Gasteiger partial charge in [0.15, 0.2) is 0 Å². The lowest BCUT2D eigenvalue weighted by Crippen LogP contribution is -2.41. The van der Waals surface area contributed by atoms with Gasteiger partial charge in [-0.15, -0.1) is 0 Å². The quantitative estimate of drug-likeness (QED) is 0.708. The predicted octanol–water partition coefficient (Wildman–Crippen LogP) is 1.05. The van der Waals surface area contributed by atoms with Gasteiger partial charge in [0.1, 0.15) is 6.04 Å². The number of carbonyl (C=O) groups is 1. The second-order valence-electron chi connectivity index (χ2n) is 4.19. The fourth-order valence-corrected chi connectivity index (χ4v) is 1.67. The highest BCUT2D eigenvalue weighted by atomic mass is 16.5.